The minimum absolute atomic E-state index is 0.00993. The third kappa shape index (κ3) is 4.10. The molecule has 1 spiro atoms. The van der Waals surface area contributed by atoms with Crippen LogP contribution >= 0.6 is 0 Å². The Labute approximate surface area is 376 Å². The van der Waals surface area contributed by atoms with E-state index in [1.807, 2.05) is 0 Å². The number of fused-ring (bicyclic) bond motifs is 13. The van der Waals surface area contributed by atoms with E-state index < -0.39 is 289 Å². The molecular formula is C55H39N. The van der Waals surface area contributed by atoms with Gasteiger partial charge in [0.2, 0.25) is 0 Å². The zero-order chi connectivity index (χ0) is 66.5. The van der Waals surface area contributed by atoms with E-state index in [0.717, 1.165) is 12.1 Å². The minimum Gasteiger partial charge on any atom is -0.309 e. The van der Waals surface area contributed by atoms with Crippen molar-refractivity contribution in [3.05, 3.63) is 226 Å². The Hall–Kier alpha value is -6.70. The highest BCUT2D eigenvalue weighted by Crippen LogP contribution is 2.65. The molecule has 4 aliphatic carbocycles. The van der Waals surface area contributed by atoms with E-state index in [0.29, 0.717) is 10.5 Å². The number of hydrogen-bond acceptors (Lipinski definition) is 1. The van der Waals surface area contributed by atoms with Gasteiger partial charge in [-0.1, -0.05) is 177 Å². The topological polar surface area (TPSA) is 3.24 Å². The van der Waals surface area contributed by atoms with E-state index in [-0.39, 0.29) is 12.0 Å². The fraction of sp³-hybridized carbons (Fsp3) is 0.0909. The standard InChI is InChI=1S/C55H39N/c1-54(2)43-23-8-5-21-41(43)52-47(54)27-14-30-50(52)56(49-29-12-7-18-38(49)37-17-13-16-36(34-37)35-32-33-35)51-31-15-28-48-53(51)42-22-6-11-26-46(42)55(48)44-24-9-3-19-39(44)40-20-4-10-25-45(40)55/h3-32,34H,33H2,1-2H3/i1D3,2D3,3D,4D,5D,6D,7D,8D,9D,10D,11D,12D,13D,14D,15D,16D,17D,19D,20D,21D,22D,23D,24D,25D,26D,27D,28D,29D,30D,31D. The van der Waals surface area contributed by atoms with Gasteiger partial charge in [-0.25, -0.2) is 0 Å². The third-order valence-electron chi connectivity index (χ3n) is 10.6. The van der Waals surface area contributed by atoms with Crippen molar-refractivity contribution in [3.63, 3.8) is 0 Å². The Bertz CT molecular complexity index is 4740. The number of nitrogens with zero attached hydrogens (tertiary/aromatic N) is 1. The van der Waals surface area contributed by atoms with Gasteiger partial charge in [0, 0.05) is 30.3 Å². The third-order valence-corrected chi connectivity index (χ3v) is 10.6. The lowest BCUT2D eigenvalue weighted by molar-refractivity contribution is 0.660. The van der Waals surface area contributed by atoms with Crippen molar-refractivity contribution in [2.75, 3.05) is 4.90 Å². The number of benzene rings is 8. The van der Waals surface area contributed by atoms with Crippen LogP contribution in [-0.2, 0) is 10.8 Å². The summed E-state index contributed by atoms with van der Waals surface area (Å²) in [4.78, 5) is 0.474. The van der Waals surface area contributed by atoms with E-state index in [4.69, 9.17) is 12.3 Å². The Morgan fingerprint density at radius 1 is 0.446 bits per heavy atom. The van der Waals surface area contributed by atoms with Gasteiger partial charge in [0.25, 0.3) is 0 Å². The van der Waals surface area contributed by atoms with Crippen LogP contribution in [-0.4, -0.2) is 0 Å². The molecule has 0 amide bonds. The van der Waals surface area contributed by atoms with E-state index in [1.165, 1.54) is 0 Å². The molecule has 8 aromatic carbocycles. The van der Waals surface area contributed by atoms with Crippen molar-refractivity contribution >= 4 is 22.6 Å². The molecule has 0 saturated heterocycles. The lowest BCUT2D eigenvalue weighted by Gasteiger charge is -2.33. The van der Waals surface area contributed by atoms with Gasteiger partial charge in [0.15, 0.2) is 0 Å². The minimum atomic E-state index is -4.07. The van der Waals surface area contributed by atoms with Crippen LogP contribution in [0.4, 0.5) is 17.1 Å². The molecule has 0 radical (unpaired) electrons. The largest absolute Gasteiger partial charge is 0.309 e. The van der Waals surface area contributed by atoms with Crippen LogP contribution in [0.3, 0.4) is 0 Å². The highest BCUT2D eigenvalue weighted by Gasteiger charge is 2.52. The van der Waals surface area contributed by atoms with Crippen molar-refractivity contribution in [1.82, 2.24) is 0 Å². The Morgan fingerprint density at radius 2 is 0.929 bits per heavy atom. The lowest BCUT2D eigenvalue weighted by Crippen LogP contribution is -2.26. The van der Waals surface area contributed by atoms with E-state index in [1.54, 1.807) is 6.08 Å². The monoisotopic (exact) mass is 748 g/mol. The smallest absolute Gasteiger partial charge is 0.0726 e. The predicted octanol–water partition coefficient (Wildman–Crippen LogP) is 14.3. The molecule has 0 bridgehead atoms. The molecule has 0 saturated carbocycles. The highest BCUT2D eigenvalue weighted by atomic mass is 15.2. The molecule has 0 heterocycles. The summed E-state index contributed by atoms with van der Waals surface area (Å²) >= 11 is 0. The summed E-state index contributed by atoms with van der Waals surface area (Å²) in [6, 6.07) is -29.2. The molecule has 264 valence electrons. The van der Waals surface area contributed by atoms with Gasteiger partial charge >= 0.3 is 0 Å². The summed E-state index contributed by atoms with van der Waals surface area (Å²) in [7, 11) is 0. The van der Waals surface area contributed by atoms with Gasteiger partial charge in [0.05, 0.1) is 60.9 Å². The average Bonchev–Trinajstić information content (AvgIpc) is 1.48. The van der Waals surface area contributed by atoms with Crippen LogP contribution in [0.25, 0.3) is 50.1 Å². The summed E-state index contributed by atoms with van der Waals surface area (Å²) < 4.78 is 320. The summed E-state index contributed by atoms with van der Waals surface area (Å²) in [5.41, 5.74) is -22.7. The van der Waals surface area contributed by atoms with Crippen molar-refractivity contribution < 1.29 is 46.6 Å². The molecule has 0 atom stereocenters. The fourth-order valence-electron chi connectivity index (χ4n) is 8.21. The van der Waals surface area contributed by atoms with E-state index >= 15 is 0 Å². The normalized spacial score (nSPS) is 24.3. The second-order valence-corrected chi connectivity index (χ2v) is 13.4. The van der Waals surface area contributed by atoms with E-state index in [9.17, 15) is 34.3 Å². The Balaban J connectivity index is 1.46. The van der Waals surface area contributed by atoms with Crippen LogP contribution < -0.4 is 4.90 Å². The molecule has 0 unspecified atom stereocenters. The van der Waals surface area contributed by atoms with Crippen molar-refractivity contribution in [2.45, 2.75) is 31.0 Å². The van der Waals surface area contributed by atoms with Gasteiger partial charge < -0.3 is 4.90 Å². The molecule has 1 heteroatoms. The van der Waals surface area contributed by atoms with Gasteiger partial charge in [0.1, 0.15) is 0 Å². The number of anilines is 3. The highest BCUT2D eigenvalue weighted by molar-refractivity contribution is 6.05. The fourth-order valence-corrected chi connectivity index (χ4v) is 8.21. The molecule has 0 fully saturated rings. The van der Waals surface area contributed by atoms with Crippen LogP contribution in [0.1, 0.15) is 106 Å². The van der Waals surface area contributed by atoms with Gasteiger partial charge in [-0.05, 0) is 103 Å². The van der Waals surface area contributed by atoms with Crippen molar-refractivity contribution in [3.8, 4) is 44.5 Å². The van der Waals surface area contributed by atoms with Crippen LogP contribution in [0.2, 0.25) is 0 Å². The first-order valence-electron chi connectivity index (χ1n) is 34.1. The number of para-hydroxylation sites is 1. The molecule has 4 aliphatic rings. The number of hydrogen-bond donors (Lipinski definition) is 0. The first-order valence-corrected chi connectivity index (χ1v) is 17.1. The number of allylic oxidation sites excluding steroid dienone is 2. The molecule has 0 aromatic heterocycles. The molecule has 12 rings (SSSR count). The lowest BCUT2D eigenvalue weighted by atomic mass is 9.70. The predicted molar refractivity (Wildman–Crippen MR) is 233 cm³/mol. The molecule has 0 aliphatic heterocycles. The zero-order valence-electron chi connectivity index (χ0n) is 62.4. The molecule has 1 nitrogen and oxygen atoms in total. The van der Waals surface area contributed by atoms with Gasteiger partial charge in [-0.2, -0.15) is 0 Å². The molecule has 0 N–H and O–H groups in total. The van der Waals surface area contributed by atoms with Crippen molar-refractivity contribution in [2.24, 2.45) is 0 Å². The maximum atomic E-state index is 10.3. The second kappa shape index (κ2) is 11.4. The maximum Gasteiger partial charge on any atom is 0.0726 e. The maximum absolute atomic E-state index is 10.3. The Morgan fingerprint density at radius 3 is 1.59 bits per heavy atom. The Kier molecular flexibility index (Phi) is 2.64. The van der Waals surface area contributed by atoms with Gasteiger partial charge in [-0.15, -0.1) is 0 Å². The zero-order valence-corrected chi connectivity index (χ0v) is 28.4. The summed E-state index contributed by atoms with van der Waals surface area (Å²) in [5, 5.41) is 0. The van der Waals surface area contributed by atoms with Gasteiger partial charge in [-0.3, -0.25) is 0 Å². The number of rotatable bonds is 5. The average molecular weight is 748 g/mol. The SMILES string of the molecule is [2H]c1cc(-c2cc(C3=CC3)c([2H])c([2H])c2[2H])c(N(c2c([2H])c([2H])c([2H])c3c2-c2c([2H])c([2H])c([2H])c([2H])c2C32c3c([2H])c([2H])c([2H])c([2H])c3-c3c([2H])c([2H])c([2H])c([2H])c32)c2c([2H])c([2H])c([2H])c3c2-c2c([2H])c([2H])c([2H])c([2H])c2C3(C([2H])([2H])[2H])C([2H])([2H])[2H])c([2H])c1[2H]. The van der Waals surface area contributed by atoms with E-state index in [2.05, 4.69) is 0 Å². The quantitative estimate of drug-likeness (QED) is 0.169. The molecule has 56 heavy (non-hydrogen) atoms. The van der Waals surface area contributed by atoms with Crippen molar-refractivity contribution in [1.29, 1.82) is 0 Å². The molecular weight excluding hydrogens is 675 g/mol. The summed E-state index contributed by atoms with van der Waals surface area (Å²) in [5.74, 6) is 0. The summed E-state index contributed by atoms with van der Waals surface area (Å²) in [6.07, 6.45) is 1.88. The second-order valence-electron chi connectivity index (χ2n) is 13.4. The van der Waals surface area contributed by atoms with Crippen LogP contribution in [0, 0.1) is 0 Å². The first-order chi connectivity index (χ1) is 41.7. The van der Waals surface area contributed by atoms with Crippen LogP contribution in [0.5, 0.6) is 0 Å². The van der Waals surface area contributed by atoms with Crippen LogP contribution in [0.15, 0.2) is 187 Å². The molecule has 8 aromatic rings. The summed E-state index contributed by atoms with van der Waals surface area (Å²) in [6.45, 7) is -8.15. The first kappa shape index (κ1) is 12.9.